The first-order chi connectivity index (χ1) is 11.6. The lowest BCUT2D eigenvalue weighted by Crippen LogP contribution is -2.62. The molecular weight excluding hydrogens is 294 g/mol. The van der Waals surface area contributed by atoms with E-state index >= 15 is 0 Å². The van der Waals surface area contributed by atoms with Crippen molar-refractivity contribution in [1.82, 2.24) is 5.32 Å². The number of rotatable bonds is 4. The third kappa shape index (κ3) is 2.54. The monoisotopic (exact) mass is 325 g/mol. The smallest absolute Gasteiger partial charge is 0.0658 e. The van der Waals surface area contributed by atoms with Crippen LogP contribution in [0.15, 0.2) is 30.3 Å². The Bertz CT molecular complexity index is 575. The Balaban J connectivity index is 1.35. The molecule has 0 aromatic heterocycles. The van der Waals surface area contributed by atoms with E-state index in [0.717, 1.165) is 43.1 Å². The Hall–Kier alpha value is -0.860. The minimum atomic E-state index is -0.336. The van der Waals surface area contributed by atoms with E-state index in [1.54, 1.807) is 0 Å². The molecule has 5 aliphatic rings. The molecule has 2 unspecified atom stereocenters. The van der Waals surface area contributed by atoms with E-state index in [-0.39, 0.29) is 5.60 Å². The van der Waals surface area contributed by atoms with E-state index in [0.29, 0.717) is 5.41 Å². The van der Waals surface area contributed by atoms with E-state index in [9.17, 15) is 5.11 Å². The zero-order chi connectivity index (χ0) is 16.2. The fourth-order valence-corrected chi connectivity index (χ4v) is 7.36. The Morgan fingerprint density at radius 3 is 2.46 bits per heavy atom. The van der Waals surface area contributed by atoms with Crippen LogP contribution in [0.4, 0.5) is 0 Å². The van der Waals surface area contributed by atoms with Crippen molar-refractivity contribution in [1.29, 1.82) is 0 Å². The van der Waals surface area contributed by atoms with Gasteiger partial charge in [-0.2, -0.15) is 0 Å². The first-order valence-electron chi connectivity index (χ1n) is 10.1. The maximum absolute atomic E-state index is 11.2. The second-order valence-electron chi connectivity index (χ2n) is 9.50. The molecule has 0 amide bonds. The van der Waals surface area contributed by atoms with Crippen LogP contribution in [-0.2, 0) is 6.42 Å². The summed E-state index contributed by atoms with van der Waals surface area (Å²) in [7, 11) is 0. The first-order valence-corrected chi connectivity index (χ1v) is 10.1. The van der Waals surface area contributed by atoms with Gasteiger partial charge in [-0.05, 0) is 93.1 Å². The molecule has 3 atom stereocenters. The Kier molecular flexibility index (Phi) is 3.58. The van der Waals surface area contributed by atoms with Gasteiger partial charge in [-0.1, -0.05) is 30.3 Å². The molecule has 0 radical (unpaired) electrons. The molecule has 1 aromatic rings. The zero-order valence-corrected chi connectivity index (χ0v) is 14.7. The number of nitrogens with one attached hydrogen (secondary N) is 1. The summed E-state index contributed by atoms with van der Waals surface area (Å²) in [6, 6.07) is 11.7. The highest BCUT2D eigenvalue weighted by atomic mass is 16.3. The van der Waals surface area contributed by atoms with Crippen molar-refractivity contribution in [2.75, 3.05) is 6.54 Å². The summed E-state index contributed by atoms with van der Waals surface area (Å²) in [5.41, 5.74) is 1.55. The highest BCUT2D eigenvalue weighted by Gasteiger charge is 2.61. The molecule has 1 aromatic carbocycles. The van der Waals surface area contributed by atoms with Gasteiger partial charge in [-0.25, -0.2) is 0 Å². The van der Waals surface area contributed by atoms with Gasteiger partial charge >= 0.3 is 0 Å². The second-order valence-corrected chi connectivity index (χ2v) is 9.50. The molecule has 130 valence electrons. The van der Waals surface area contributed by atoms with Crippen molar-refractivity contribution in [3.05, 3.63) is 35.9 Å². The molecular formula is C22H31NO. The van der Waals surface area contributed by atoms with Gasteiger partial charge in [0.1, 0.15) is 0 Å². The predicted molar refractivity (Wildman–Crippen MR) is 96.7 cm³/mol. The van der Waals surface area contributed by atoms with Crippen molar-refractivity contribution in [3.63, 3.8) is 0 Å². The zero-order valence-electron chi connectivity index (χ0n) is 14.7. The van der Waals surface area contributed by atoms with Gasteiger partial charge in [0.15, 0.2) is 0 Å². The molecule has 6 rings (SSSR count). The molecule has 2 N–H and O–H groups in total. The first kappa shape index (κ1) is 15.4. The summed E-state index contributed by atoms with van der Waals surface area (Å²) in [5, 5.41) is 15.0. The van der Waals surface area contributed by atoms with Crippen molar-refractivity contribution in [3.8, 4) is 0 Å². The lowest BCUT2D eigenvalue weighted by atomic mass is 9.43. The van der Waals surface area contributed by atoms with Crippen molar-refractivity contribution >= 4 is 0 Å². The largest absolute Gasteiger partial charge is 0.390 e. The summed E-state index contributed by atoms with van der Waals surface area (Å²) in [6.45, 7) is 1.21. The van der Waals surface area contributed by atoms with Gasteiger partial charge < -0.3 is 10.4 Å². The molecule has 5 fully saturated rings. The summed E-state index contributed by atoms with van der Waals surface area (Å²) < 4.78 is 0. The van der Waals surface area contributed by atoms with E-state index in [2.05, 4.69) is 35.6 Å². The molecule has 2 nitrogen and oxygen atoms in total. The number of benzene rings is 1. The molecule has 24 heavy (non-hydrogen) atoms. The van der Waals surface area contributed by atoms with Crippen molar-refractivity contribution < 1.29 is 5.11 Å². The SMILES string of the molecule is OC12CC3C[C@](CCc4ccccc4)(CC(C1)[C@@H]3[C@H]1CCCN1)C2. The Morgan fingerprint density at radius 1 is 1.04 bits per heavy atom. The standard InChI is InChI=1S/C22H31NO/c24-22-13-17-11-21(15-22,9-8-16-5-2-1-3-6-16)12-18(14-22)20(17)19-7-4-10-23-19/h1-3,5-6,17-20,23-24H,4,7-15H2/t17?,18?,19-,20-,21-,22?/m1/s1. The minimum Gasteiger partial charge on any atom is -0.390 e. The van der Waals surface area contributed by atoms with Gasteiger partial charge in [0.05, 0.1) is 5.60 Å². The van der Waals surface area contributed by atoms with E-state index in [1.165, 1.54) is 50.6 Å². The van der Waals surface area contributed by atoms with Crippen molar-refractivity contribution in [2.24, 2.45) is 23.2 Å². The van der Waals surface area contributed by atoms with Gasteiger partial charge in [0, 0.05) is 6.04 Å². The quantitative estimate of drug-likeness (QED) is 0.879. The summed E-state index contributed by atoms with van der Waals surface area (Å²) in [6.07, 6.45) is 11.2. The molecule has 1 saturated heterocycles. The minimum absolute atomic E-state index is 0.336. The van der Waals surface area contributed by atoms with E-state index < -0.39 is 0 Å². The molecule has 0 spiro atoms. The maximum Gasteiger partial charge on any atom is 0.0658 e. The summed E-state index contributed by atoms with van der Waals surface area (Å²) in [5.74, 6) is 2.38. The lowest BCUT2D eigenvalue weighted by Gasteiger charge is -2.64. The highest BCUT2D eigenvalue weighted by molar-refractivity contribution is 5.17. The number of aliphatic hydroxyl groups is 1. The number of hydrogen-bond acceptors (Lipinski definition) is 2. The van der Waals surface area contributed by atoms with Crippen LogP contribution in [0.5, 0.6) is 0 Å². The Morgan fingerprint density at radius 2 is 1.79 bits per heavy atom. The second kappa shape index (κ2) is 5.57. The van der Waals surface area contributed by atoms with Crippen LogP contribution in [0.25, 0.3) is 0 Å². The fraction of sp³-hybridized carbons (Fsp3) is 0.727. The van der Waals surface area contributed by atoms with Crippen LogP contribution in [-0.4, -0.2) is 23.3 Å². The van der Waals surface area contributed by atoms with Crippen LogP contribution < -0.4 is 5.32 Å². The van der Waals surface area contributed by atoms with Gasteiger partial charge in [0.2, 0.25) is 0 Å². The third-order valence-electron chi connectivity index (χ3n) is 7.82. The van der Waals surface area contributed by atoms with Crippen LogP contribution >= 0.6 is 0 Å². The normalized spacial score (nSPS) is 46.5. The van der Waals surface area contributed by atoms with Crippen LogP contribution in [0.2, 0.25) is 0 Å². The average Bonchev–Trinajstić information content (AvgIpc) is 3.06. The predicted octanol–water partition coefficient (Wildman–Crippen LogP) is 3.93. The summed E-state index contributed by atoms with van der Waals surface area (Å²) in [4.78, 5) is 0. The number of hydrogen-bond donors (Lipinski definition) is 2. The molecule has 1 heterocycles. The van der Waals surface area contributed by atoms with Gasteiger partial charge in [-0.3, -0.25) is 0 Å². The molecule has 1 aliphatic heterocycles. The highest BCUT2D eigenvalue weighted by Crippen LogP contribution is 2.65. The average molecular weight is 325 g/mol. The van der Waals surface area contributed by atoms with Gasteiger partial charge in [0.25, 0.3) is 0 Å². The third-order valence-corrected chi connectivity index (χ3v) is 7.82. The molecule has 2 heteroatoms. The van der Waals surface area contributed by atoms with E-state index in [1.807, 2.05) is 0 Å². The van der Waals surface area contributed by atoms with Crippen LogP contribution in [0.3, 0.4) is 0 Å². The molecule has 4 bridgehead atoms. The molecule has 4 saturated carbocycles. The lowest BCUT2D eigenvalue weighted by molar-refractivity contribution is -0.194. The fourth-order valence-electron chi connectivity index (χ4n) is 7.36. The topological polar surface area (TPSA) is 32.3 Å². The maximum atomic E-state index is 11.2. The molecule has 4 aliphatic carbocycles. The van der Waals surface area contributed by atoms with Crippen molar-refractivity contribution in [2.45, 2.75) is 69.4 Å². The number of aryl methyl sites for hydroxylation is 1. The van der Waals surface area contributed by atoms with E-state index in [4.69, 9.17) is 0 Å². The van der Waals surface area contributed by atoms with Crippen LogP contribution in [0, 0.1) is 23.2 Å². The Labute approximate surface area is 146 Å². The van der Waals surface area contributed by atoms with Gasteiger partial charge in [-0.15, -0.1) is 0 Å². The summed E-state index contributed by atoms with van der Waals surface area (Å²) >= 11 is 0. The van der Waals surface area contributed by atoms with Crippen LogP contribution in [0.1, 0.15) is 56.9 Å².